The second-order valence-corrected chi connectivity index (χ2v) is 7.17. The van der Waals surface area contributed by atoms with Gasteiger partial charge in [-0.2, -0.15) is 0 Å². The predicted octanol–water partition coefficient (Wildman–Crippen LogP) is 3.94. The van der Waals surface area contributed by atoms with Gasteiger partial charge in [0.25, 0.3) is 0 Å². The third-order valence-corrected chi connectivity index (χ3v) is 5.26. The number of nitrogens with zero attached hydrogens (tertiary/aromatic N) is 1. The van der Waals surface area contributed by atoms with E-state index in [1.54, 1.807) is 0 Å². The van der Waals surface area contributed by atoms with Gasteiger partial charge in [0.1, 0.15) is 5.84 Å². The summed E-state index contributed by atoms with van der Waals surface area (Å²) in [5.41, 5.74) is 3.40. The first-order chi connectivity index (χ1) is 12.3. The molecule has 4 rings (SSSR count). The highest BCUT2D eigenvalue weighted by Crippen LogP contribution is 2.35. The van der Waals surface area contributed by atoms with E-state index >= 15 is 0 Å². The lowest BCUT2D eigenvalue weighted by Gasteiger charge is -2.44. The zero-order valence-corrected chi connectivity index (χ0v) is 14.9. The molecule has 4 nitrogen and oxygen atoms in total. The Hall–Kier alpha value is -2.04. The van der Waals surface area contributed by atoms with Gasteiger partial charge >= 0.3 is 0 Å². The smallest absolute Gasteiger partial charge is 0.127 e. The summed E-state index contributed by atoms with van der Waals surface area (Å²) >= 11 is 6.08. The lowest BCUT2D eigenvalue weighted by atomic mass is 9.84. The van der Waals surface area contributed by atoms with E-state index in [1.807, 2.05) is 18.2 Å². The van der Waals surface area contributed by atoms with Gasteiger partial charge in [-0.25, -0.2) is 0 Å². The lowest BCUT2D eigenvalue weighted by Crippen LogP contribution is -2.57. The molecular weight excluding hydrogens is 332 g/mol. The molecule has 5 heteroatoms. The molecule has 2 heterocycles. The van der Waals surface area contributed by atoms with Crippen molar-refractivity contribution in [2.24, 2.45) is 4.99 Å². The Bertz CT molecular complexity index is 781. The fourth-order valence-electron chi connectivity index (χ4n) is 3.66. The van der Waals surface area contributed by atoms with Gasteiger partial charge in [0, 0.05) is 11.6 Å². The highest BCUT2D eigenvalue weighted by molar-refractivity contribution is 6.30. The Morgan fingerprint density at radius 1 is 1.00 bits per heavy atom. The maximum absolute atomic E-state index is 6.08. The molecule has 0 amide bonds. The van der Waals surface area contributed by atoms with Crippen LogP contribution in [0, 0.1) is 0 Å². The summed E-state index contributed by atoms with van der Waals surface area (Å²) in [6.45, 7) is 2.76. The first kappa shape index (κ1) is 16.4. The van der Waals surface area contributed by atoms with Crippen molar-refractivity contribution in [1.82, 2.24) is 5.32 Å². The average Bonchev–Trinajstić information content (AvgIpc) is 2.63. The van der Waals surface area contributed by atoms with Crippen LogP contribution in [-0.4, -0.2) is 31.0 Å². The van der Waals surface area contributed by atoms with Crippen LogP contribution in [0.5, 0.6) is 0 Å². The zero-order valence-electron chi connectivity index (χ0n) is 14.2. The molecule has 25 heavy (non-hydrogen) atoms. The molecule has 2 aliphatic rings. The topological polar surface area (TPSA) is 48.5 Å². The molecule has 1 spiro atoms. The largest absolute Gasteiger partial charge is 0.371 e. The molecule has 3 N–H and O–H groups in total. The lowest BCUT2D eigenvalue weighted by molar-refractivity contribution is 0.419. The van der Waals surface area contributed by atoms with Gasteiger partial charge < -0.3 is 16.0 Å². The van der Waals surface area contributed by atoms with Gasteiger partial charge in [-0.3, -0.25) is 4.99 Å². The minimum Gasteiger partial charge on any atom is -0.371 e. The molecular formula is C20H23ClN4. The van der Waals surface area contributed by atoms with Gasteiger partial charge in [-0.15, -0.1) is 0 Å². The molecule has 0 aliphatic carbocycles. The molecule has 0 atom stereocenters. The molecule has 2 aliphatic heterocycles. The maximum atomic E-state index is 6.08. The number of benzene rings is 2. The fraction of sp³-hybridized carbons (Fsp3) is 0.350. The number of piperidine rings is 1. The van der Waals surface area contributed by atoms with Crippen molar-refractivity contribution in [2.45, 2.75) is 24.8 Å². The van der Waals surface area contributed by atoms with Crippen LogP contribution in [0.4, 0.5) is 11.4 Å². The van der Waals surface area contributed by atoms with Crippen molar-refractivity contribution in [2.75, 3.05) is 30.3 Å². The van der Waals surface area contributed by atoms with E-state index < -0.39 is 0 Å². The van der Waals surface area contributed by atoms with E-state index in [4.69, 9.17) is 16.6 Å². The van der Waals surface area contributed by atoms with E-state index in [-0.39, 0.29) is 5.54 Å². The van der Waals surface area contributed by atoms with Crippen molar-refractivity contribution in [1.29, 1.82) is 0 Å². The summed E-state index contributed by atoms with van der Waals surface area (Å²) in [6, 6.07) is 16.4. The van der Waals surface area contributed by atoms with Gasteiger partial charge in [0.2, 0.25) is 0 Å². The van der Waals surface area contributed by atoms with Crippen molar-refractivity contribution >= 4 is 28.8 Å². The maximum Gasteiger partial charge on any atom is 0.127 e. The molecule has 0 saturated carbocycles. The van der Waals surface area contributed by atoms with E-state index in [0.717, 1.165) is 61.1 Å². The molecule has 0 unspecified atom stereocenters. The second kappa shape index (κ2) is 7.06. The summed E-state index contributed by atoms with van der Waals surface area (Å²) in [5, 5.41) is 11.6. The molecule has 2 aromatic rings. The number of para-hydroxylation sites is 2. The Balaban J connectivity index is 1.56. The Morgan fingerprint density at radius 2 is 1.80 bits per heavy atom. The van der Waals surface area contributed by atoms with Crippen LogP contribution in [-0.2, 0) is 6.42 Å². The van der Waals surface area contributed by atoms with Crippen LogP contribution in [0.1, 0.15) is 18.4 Å². The van der Waals surface area contributed by atoms with Crippen molar-refractivity contribution in [3.05, 3.63) is 59.1 Å². The number of aliphatic imine (C=N–C) groups is 1. The summed E-state index contributed by atoms with van der Waals surface area (Å²) in [6.07, 6.45) is 2.95. The minimum atomic E-state index is -0.0893. The highest BCUT2D eigenvalue weighted by atomic mass is 35.5. The molecule has 0 bridgehead atoms. The first-order valence-electron chi connectivity index (χ1n) is 8.90. The summed E-state index contributed by atoms with van der Waals surface area (Å²) in [4.78, 5) is 4.96. The van der Waals surface area contributed by atoms with Crippen LogP contribution in [0.15, 0.2) is 53.5 Å². The molecule has 1 saturated heterocycles. The SMILES string of the molecule is Clc1cccc(CCN=C2Nc3ccccc3NC23CCNCC3)c1. The summed E-state index contributed by atoms with van der Waals surface area (Å²) in [5.74, 6) is 1.06. The summed E-state index contributed by atoms with van der Waals surface area (Å²) in [7, 11) is 0. The normalized spacial score (nSPS) is 20.0. The van der Waals surface area contributed by atoms with Gasteiger partial charge in [-0.05, 0) is 62.2 Å². The van der Waals surface area contributed by atoms with E-state index in [0.29, 0.717) is 0 Å². The third-order valence-electron chi connectivity index (χ3n) is 5.02. The Labute approximate surface area is 153 Å². The molecule has 2 aromatic carbocycles. The van der Waals surface area contributed by atoms with Crippen molar-refractivity contribution < 1.29 is 0 Å². The van der Waals surface area contributed by atoms with Gasteiger partial charge in [0.15, 0.2) is 0 Å². The number of hydrogen-bond donors (Lipinski definition) is 3. The van der Waals surface area contributed by atoms with Gasteiger partial charge in [-0.1, -0.05) is 35.9 Å². The van der Waals surface area contributed by atoms with Crippen LogP contribution >= 0.6 is 11.6 Å². The molecule has 130 valence electrons. The number of halogens is 1. The number of hydrogen-bond acceptors (Lipinski definition) is 3. The van der Waals surface area contributed by atoms with E-state index in [9.17, 15) is 0 Å². The van der Waals surface area contributed by atoms with Crippen LogP contribution < -0.4 is 16.0 Å². The first-order valence-corrected chi connectivity index (χ1v) is 9.27. The molecule has 1 fully saturated rings. The van der Waals surface area contributed by atoms with Crippen molar-refractivity contribution in [3.8, 4) is 0 Å². The molecule has 0 radical (unpaired) electrons. The van der Waals surface area contributed by atoms with Crippen LogP contribution in [0.2, 0.25) is 5.02 Å². The number of nitrogens with one attached hydrogen (secondary N) is 3. The highest BCUT2D eigenvalue weighted by Gasteiger charge is 2.40. The predicted molar refractivity (Wildman–Crippen MR) is 106 cm³/mol. The number of rotatable bonds is 3. The van der Waals surface area contributed by atoms with Crippen LogP contribution in [0.25, 0.3) is 0 Å². The Morgan fingerprint density at radius 3 is 2.60 bits per heavy atom. The number of amidine groups is 1. The number of anilines is 2. The van der Waals surface area contributed by atoms with Crippen molar-refractivity contribution in [3.63, 3.8) is 0 Å². The third kappa shape index (κ3) is 3.51. The average molecular weight is 355 g/mol. The standard InChI is InChI=1S/C20H23ClN4/c21-16-5-3-4-15(14-16)8-11-23-19-20(9-12-22-13-10-20)25-18-7-2-1-6-17(18)24-19/h1-7,14,22,25H,8-13H2,(H,23,24). The number of fused-ring (bicyclic) bond motifs is 1. The minimum absolute atomic E-state index is 0.0893. The monoisotopic (exact) mass is 354 g/mol. The van der Waals surface area contributed by atoms with Gasteiger partial charge in [0.05, 0.1) is 16.9 Å². The quantitative estimate of drug-likeness (QED) is 0.782. The van der Waals surface area contributed by atoms with E-state index in [2.05, 4.69) is 46.3 Å². The second-order valence-electron chi connectivity index (χ2n) is 6.74. The van der Waals surface area contributed by atoms with Crippen LogP contribution in [0.3, 0.4) is 0 Å². The molecule has 0 aromatic heterocycles. The summed E-state index contributed by atoms with van der Waals surface area (Å²) < 4.78 is 0. The Kier molecular flexibility index (Phi) is 4.64. The zero-order chi connectivity index (χ0) is 17.1. The fourth-order valence-corrected chi connectivity index (χ4v) is 3.87. The van der Waals surface area contributed by atoms with E-state index in [1.165, 1.54) is 5.56 Å².